The summed E-state index contributed by atoms with van der Waals surface area (Å²) in [6.45, 7) is 0.282. The molecule has 2 saturated carbocycles. The molecule has 0 radical (unpaired) electrons. The van der Waals surface area contributed by atoms with Crippen molar-refractivity contribution in [1.29, 1.82) is 0 Å². The minimum absolute atomic E-state index is 0.00509. The highest BCUT2D eigenvalue weighted by molar-refractivity contribution is 5.81. The Morgan fingerprint density at radius 1 is 1.14 bits per heavy atom. The number of hydrogen-bond donors (Lipinski definition) is 1. The quantitative estimate of drug-likeness (QED) is 0.910. The number of halogens is 1. The first kappa shape index (κ1) is 15.0. The number of aliphatic carboxylic acids is 1. The summed E-state index contributed by atoms with van der Waals surface area (Å²) < 4.78 is 13.8. The van der Waals surface area contributed by atoms with E-state index >= 15 is 0 Å². The first-order valence-corrected chi connectivity index (χ1v) is 7.83. The Hall–Kier alpha value is -1.91. The van der Waals surface area contributed by atoms with E-state index < -0.39 is 11.9 Å². The van der Waals surface area contributed by atoms with Gasteiger partial charge in [-0.15, -0.1) is 0 Å². The van der Waals surface area contributed by atoms with Crippen LogP contribution >= 0.6 is 0 Å². The molecule has 0 spiro atoms. The lowest BCUT2D eigenvalue weighted by Crippen LogP contribution is -2.37. The summed E-state index contributed by atoms with van der Waals surface area (Å²) in [5.41, 5.74) is 0.524. The van der Waals surface area contributed by atoms with Gasteiger partial charge in [-0.25, -0.2) is 4.39 Å². The number of carboxylic acid groups (broad SMARTS) is 1. The maximum Gasteiger partial charge on any atom is 0.306 e. The fourth-order valence-electron chi connectivity index (χ4n) is 3.25. The molecule has 0 bridgehead atoms. The maximum atomic E-state index is 13.8. The summed E-state index contributed by atoms with van der Waals surface area (Å²) in [4.78, 5) is 25.5. The average molecular weight is 305 g/mol. The molecule has 2 aliphatic rings. The molecule has 1 aromatic rings. The van der Waals surface area contributed by atoms with E-state index in [9.17, 15) is 14.0 Å². The molecule has 5 heteroatoms. The van der Waals surface area contributed by atoms with E-state index in [2.05, 4.69) is 0 Å². The Kier molecular flexibility index (Phi) is 4.14. The summed E-state index contributed by atoms with van der Waals surface area (Å²) in [5, 5.41) is 9.07. The summed E-state index contributed by atoms with van der Waals surface area (Å²) in [7, 11) is 0. The van der Waals surface area contributed by atoms with Crippen LogP contribution in [-0.4, -0.2) is 27.9 Å². The molecule has 22 heavy (non-hydrogen) atoms. The van der Waals surface area contributed by atoms with Gasteiger partial charge in [-0.3, -0.25) is 9.59 Å². The molecule has 1 N–H and O–H groups in total. The zero-order chi connectivity index (χ0) is 15.7. The molecule has 0 aromatic heterocycles. The van der Waals surface area contributed by atoms with Gasteiger partial charge in [-0.2, -0.15) is 0 Å². The van der Waals surface area contributed by atoms with Crippen LogP contribution in [-0.2, 0) is 16.1 Å². The lowest BCUT2D eigenvalue weighted by molar-refractivity contribution is -0.141. The summed E-state index contributed by atoms with van der Waals surface area (Å²) >= 11 is 0. The van der Waals surface area contributed by atoms with Gasteiger partial charge in [0.2, 0.25) is 5.91 Å². The van der Waals surface area contributed by atoms with Crippen molar-refractivity contribution in [2.45, 2.75) is 44.7 Å². The predicted molar refractivity (Wildman–Crippen MR) is 78.4 cm³/mol. The van der Waals surface area contributed by atoms with E-state index in [1.54, 1.807) is 23.1 Å². The lowest BCUT2D eigenvalue weighted by atomic mass is 10.0. The van der Waals surface area contributed by atoms with Gasteiger partial charge in [0.15, 0.2) is 0 Å². The first-order valence-electron chi connectivity index (χ1n) is 7.83. The van der Waals surface area contributed by atoms with Crippen molar-refractivity contribution in [3.05, 3.63) is 35.6 Å². The predicted octanol–water partition coefficient (Wildman–Crippen LogP) is 2.82. The van der Waals surface area contributed by atoms with Gasteiger partial charge in [0.25, 0.3) is 0 Å². The number of carbonyl (C=O) groups is 2. The van der Waals surface area contributed by atoms with Crippen LogP contribution in [0, 0.1) is 17.7 Å². The van der Waals surface area contributed by atoms with Crippen LogP contribution in [0.1, 0.15) is 37.7 Å². The van der Waals surface area contributed by atoms with Gasteiger partial charge >= 0.3 is 5.97 Å². The van der Waals surface area contributed by atoms with Crippen molar-refractivity contribution in [2.24, 2.45) is 11.8 Å². The highest BCUT2D eigenvalue weighted by Gasteiger charge is 2.40. The number of hydrogen-bond acceptors (Lipinski definition) is 2. The van der Waals surface area contributed by atoms with Crippen molar-refractivity contribution in [3.8, 4) is 0 Å². The number of amides is 1. The topological polar surface area (TPSA) is 57.6 Å². The second-order valence-corrected chi connectivity index (χ2v) is 6.33. The van der Waals surface area contributed by atoms with Crippen molar-refractivity contribution in [2.75, 3.05) is 0 Å². The molecule has 2 fully saturated rings. The molecule has 0 unspecified atom stereocenters. The number of rotatable bonds is 5. The van der Waals surface area contributed by atoms with Crippen LogP contribution in [0.5, 0.6) is 0 Å². The Labute approximate surface area is 128 Å². The minimum atomic E-state index is -0.817. The molecule has 2 atom stereocenters. The van der Waals surface area contributed by atoms with Gasteiger partial charge < -0.3 is 10.0 Å². The molecular weight excluding hydrogens is 285 g/mol. The first-order chi connectivity index (χ1) is 10.6. The zero-order valence-corrected chi connectivity index (χ0v) is 12.4. The van der Waals surface area contributed by atoms with Gasteiger partial charge in [0.1, 0.15) is 5.82 Å². The number of carboxylic acids is 1. The van der Waals surface area contributed by atoms with Gasteiger partial charge in [-0.05, 0) is 38.2 Å². The molecule has 0 saturated heterocycles. The molecule has 118 valence electrons. The second-order valence-electron chi connectivity index (χ2n) is 6.33. The summed E-state index contributed by atoms with van der Waals surface area (Å²) in [6, 6.07) is 6.70. The van der Waals surface area contributed by atoms with Crippen LogP contribution in [0.15, 0.2) is 24.3 Å². The van der Waals surface area contributed by atoms with Gasteiger partial charge in [0.05, 0.1) is 5.92 Å². The van der Waals surface area contributed by atoms with E-state index in [1.165, 1.54) is 6.07 Å². The third kappa shape index (κ3) is 3.13. The van der Waals surface area contributed by atoms with Crippen molar-refractivity contribution < 1.29 is 19.1 Å². The molecule has 3 rings (SSSR count). The van der Waals surface area contributed by atoms with E-state index in [1.807, 2.05) is 0 Å². The molecular formula is C17H20FNO3. The monoisotopic (exact) mass is 305 g/mol. The van der Waals surface area contributed by atoms with Crippen LogP contribution in [0.2, 0.25) is 0 Å². The summed E-state index contributed by atoms with van der Waals surface area (Å²) in [6.07, 6.45) is 3.50. The van der Waals surface area contributed by atoms with Crippen LogP contribution in [0.4, 0.5) is 4.39 Å². The normalized spacial score (nSPS) is 24.2. The van der Waals surface area contributed by atoms with E-state index in [0.717, 1.165) is 12.8 Å². The fourth-order valence-corrected chi connectivity index (χ4v) is 3.25. The standard InChI is InChI=1S/C17H20FNO3/c18-15-4-2-1-3-13(15)10-19(14-7-8-14)16(20)11-5-6-12(9-11)17(21)22/h1-4,11-12,14H,5-10H2,(H,21,22)/t11-,12+/m0/s1. The van der Waals surface area contributed by atoms with Crippen molar-refractivity contribution in [3.63, 3.8) is 0 Å². The molecule has 2 aliphatic carbocycles. The van der Waals surface area contributed by atoms with E-state index in [4.69, 9.17) is 5.11 Å². The molecule has 1 amide bonds. The molecule has 4 nitrogen and oxygen atoms in total. The summed E-state index contributed by atoms with van der Waals surface area (Å²) in [5.74, 6) is -1.76. The number of benzene rings is 1. The zero-order valence-electron chi connectivity index (χ0n) is 12.4. The highest BCUT2D eigenvalue weighted by Crippen LogP contribution is 2.36. The van der Waals surface area contributed by atoms with Gasteiger partial charge in [-0.1, -0.05) is 18.2 Å². The average Bonchev–Trinajstić information content (AvgIpc) is 3.21. The highest BCUT2D eigenvalue weighted by atomic mass is 19.1. The Balaban J connectivity index is 1.70. The van der Waals surface area contributed by atoms with Gasteiger partial charge in [0, 0.05) is 24.1 Å². The number of carbonyl (C=O) groups excluding carboxylic acids is 1. The van der Waals surface area contributed by atoms with Crippen LogP contribution in [0.25, 0.3) is 0 Å². The van der Waals surface area contributed by atoms with Crippen molar-refractivity contribution >= 4 is 11.9 Å². The van der Waals surface area contributed by atoms with E-state index in [-0.39, 0.29) is 30.2 Å². The Morgan fingerprint density at radius 2 is 1.82 bits per heavy atom. The smallest absolute Gasteiger partial charge is 0.306 e. The third-order valence-electron chi connectivity index (χ3n) is 4.70. The molecule has 0 heterocycles. The molecule has 1 aromatic carbocycles. The SMILES string of the molecule is O=C(O)[C@@H]1CC[C@H](C(=O)N(Cc2ccccc2F)C2CC2)C1. The Morgan fingerprint density at radius 3 is 2.41 bits per heavy atom. The second kappa shape index (κ2) is 6.07. The fraction of sp³-hybridized carbons (Fsp3) is 0.529. The third-order valence-corrected chi connectivity index (χ3v) is 4.70. The lowest BCUT2D eigenvalue weighted by Gasteiger charge is -2.26. The van der Waals surface area contributed by atoms with Crippen LogP contribution in [0.3, 0.4) is 0 Å². The van der Waals surface area contributed by atoms with Crippen LogP contribution < -0.4 is 0 Å². The maximum absolute atomic E-state index is 13.8. The minimum Gasteiger partial charge on any atom is -0.481 e. The molecule has 0 aliphatic heterocycles. The Bertz CT molecular complexity index is 585. The number of nitrogens with zero attached hydrogens (tertiary/aromatic N) is 1. The van der Waals surface area contributed by atoms with Crippen molar-refractivity contribution in [1.82, 2.24) is 4.90 Å². The van der Waals surface area contributed by atoms with E-state index in [0.29, 0.717) is 24.8 Å². The largest absolute Gasteiger partial charge is 0.481 e.